The van der Waals surface area contributed by atoms with Crippen molar-refractivity contribution < 1.29 is 0 Å². The molecule has 1 heterocycles. The van der Waals surface area contributed by atoms with Crippen molar-refractivity contribution in [3.63, 3.8) is 0 Å². The molecule has 0 unspecified atom stereocenters. The fourth-order valence-corrected chi connectivity index (χ4v) is 5.27. The van der Waals surface area contributed by atoms with Crippen LogP contribution in [0.25, 0.3) is 0 Å². The molecule has 0 aromatic rings. The normalized spacial score (nSPS) is 20.2. The summed E-state index contributed by atoms with van der Waals surface area (Å²) < 4.78 is 2.66. The molecule has 0 N–H and O–H groups in total. The first-order valence-corrected chi connectivity index (χ1v) is 8.28. The highest BCUT2D eigenvalue weighted by atomic mass is 27.2. The van der Waals surface area contributed by atoms with Crippen LogP contribution in [0.15, 0.2) is 0 Å². The summed E-state index contributed by atoms with van der Waals surface area (Å²) in [5.41, 5.74) is 0. The number of rotatable bonds is 5. The molecule has 0 amide bonds. The van der Waals surface area contributed by atoms with E-state index < -0.39 is 14.4 Å². The van der Waals surface area contributed by atoms with Gasteiger partial charge in [0.25, 0.3) is 0 Å². The van der Waals surface area contributed by atoms with Crippen molar-refractivity contribution >= 4 is 14.4 Å². The molecule has 1 fully saturated rings. The monoisotopic (exact) mass is 227 g/mol. The topological polar surface area (TPSA) is 9.72 Å². The van der Waals surface area contributed by atoms with Crippen LogP contribution in [0, 0.1) is 0 Å². The zero-order valence-corrected chi connectivity index (χ0v) is 12.0. The van der Waals surface area contributed by atoms with E-state index in [2.05, 4.69) is 41.9 Å². The van der Waals surface area contributed by atoms with E-state index in [-0.39, 0.29) is 0 Å². The van der Waals surface area contributed by atoms with Crippen LogP contribution in [0.3, 0.4) is 0 Å². The second kappa shape index (κ2) is 6.88. The third-order valence-corrected chi connectivity index (χ3v) is 7.00. The quantitative estimate of drug-likeness (QED) is 0.506. The van der Waals surface area contributed by atoms with Crippen LogP contribution in [0.4, 0.5) is 0 Å². The van der Waals surface area contributed by atoms with E-state index in [1.165, 1.54) is 43.2 Å². The van der Waals surface area contributed by atoms with Crippen LogP contribution >= 0.6 is 0 Å². The van der Waals surface area contributed by atoms with Gasteiger partial charge in [0.15, 0.2) is 0 Å². The Bertz CT molecular complexity index is 175. The van der Waals surface area contributed by atoms with E-state index in [9.17, 15) is 0 Å². The average molecular weight is 227 g/mol. The highest BCUT2D eigenvalue weighted by Crippen LogP contribution is 2.10. The van der Waals surface area contributed by atoms with E-state index in [0.29, 0.717) is 0 Å². The molecular weight excluding hydrogens is 201 g/mol. The molecule has 0 bridgehead atoms. The lowest BCUT2D eigenvalue weighted by atomic mass is 10.3. The lowest BCUT2D eigenvalue weighted by Crippen LogP contribution is -2.53. The Morgan fingerprint density at radius 3 is 2.53 bits per heavy atom. The second-order valence-electron chi connectivity index (χ2n) is 5.20. The summed E-state index contributed by atoms with van der Waals surface area (Å²) in [4.78, 5) is 4.81. The number of nitrogens with zero attached hydrogens (tertiary/aromatic N) is 3. The van der Waals surface area contributed by atoms with Crippen LogP contribution < -0.4 is 0 Å². The van der Waals surface area contributed by atoms with Gasteiger partial charge in [0, 0.05) is 6.54 Å². The Morgan fingerprint density at radius 2 is 1.87 bits per heavy atom. The summed E-state index contributed by atoms with van der Waals surface area (Å²) in [5.74, 6) is 0. The summed E-state index contributed by atoms with van der Waals surface area (Å²) in [5, 5.41) is 2.88. The van der Waals surface area contributed by atoms with Crippen LogP contribution in [0.5, 0.6) is 0 Å². The Hall–Kier alpha value is 0.412. The Kier molecular flexibility index (Phi) is 6.18. The Balaban J connectivity index is 2.13. The van der Waals surface area contributed by atoms with Crippen molar-refractivity contribution in [2.45, 2.75) is 18.1 Å². The Labute approximate surface area is 99.6 Å². The molecule has 1 aliphatic rings. The Morgan fingerprint density at radius 1 is 1.13 bits per heavy atom. The molecule has 0 atom stereocenters. The molecule has 4 heteroatoms. The molecule has 15 heavy (non-hydrogen) atoms. The van der Waals surface area contributed by atoms with E-state index in [0.717, 1.165) is 0 Å². The summed E-state index contributed by atoms with van der Waals surface area (Å²) in [6, 6.07) is 0. The van der Waals surface area contributed by atoms with Gasteiger partial charge in [-0.25, -0.2) is 0 Å². The van der Waals surface area contributed by atoms with Crippen LogP contribution in [-0.2, 0) is 0 Å². The second-order valence-corrected chi connectivity index (χ2v) is 8.33. The molecule has 0 aliphatic carbocycles. The maximum atomic E-state index is 2.66. The van der Waals surface area contributed by atoms with Crippen LogP contribution in [-0.4, -0.2) is 81.3 Å². The minimum atomic E-state index is -0.600. The van der Waals surface area contributed by atoms with Crippen LogP contribution in [0.1, 0.15) is 12.8 Å². The molecule has 0 aromatic carbocycles. The van der Waals surface area contributed by atoms with E-state index in [1.54, 1.807) is 0 Å². The van der Waals surface area contributed by atoms with Crippen LogP contribution in [0.2, 0.25) is 5.28 Å². The van der Waals surface area contributed by atoms with Gasteiger partial charge >= 0.3 is 14.4 Å². The van der Waals surface area contributed by atoms with Gasteiger partial charge in [-0.05, 0) is 53.1 Å². The van der Waals surface area contributed by atoms with Gasteiger partial charge in [0.05, 0.1) is 0 Å². The molecule has 88 valence electrons. The predicted molar refractivity (Wildman–Crippen MR) is 68.5 cm³/mol. The van der Waals surface area contributed by atoms with Crippen molar-refractivity contribution in [2.75, 3.05) is 53.2 Å². The highest BCUT2D eigenvalue weighted by Gasteiger charge is 2.28. The molecule has 0 aromatic heterocycles. The van der Waals surface area contributed by atoms with Crippen molar-refractivity contribution in [2.24, 2.45) is 0 Å². The highest BCUT2D eigenvalue weighted by molar-refractivity contribution is 6.56. The van der Waals surface area contributed by atoms with E-state index >= 15 is 0 Å². The lowest BCUT2D eigenvalue weighted by Gasteiger charge is -2.34. The first kappa shape index (κ1) is 13.5. The fourth-order valence-electron chi connectivity index (χ4n) is 2.22. The van der Waals surface area contributed by atoms with E-state index in [4.69, 9.17) is 0 Å². The molecule has 0 saturated carbocycles. The average Bonchev–Trinajstić information content (AvgIpc) is 2.17. The smallest absolute Gasteiger partial charge is 0.385 e. The van der Waals surface area contributed by atoms with Gasteiger partial charge in [0.1, 0.15) is 0 Å². The molecule has 1 aliphatic heterocycles. The molecule has 3 nitrogen and oxygen atoms in total. The first-order chi connectivity index (χ1) is 7.09. The minimum Gasteiger partial charge on any atom is -0.385 e. The van der Waals surface area contributed by atoms with Gasteiger partial charge in [-0.15, -0.1) is 0 Å². The first-order valence-electron chi connectivity index (χ1n) is 6.13. The molecule has 0 spiro atoms. The fraction of sp³-hybridized carbons (Fsp3) is 1.00. The number of unbranched alkanes of at least 4 members (excludes halogenated alkanes) is 1. The summed E-state index contributed by atoms with van der Waals surface area (Å²) in [6.07, 6.45) is 2.79. The predicted octanol–water partition coefficient (Wildman–Crippen LogP) is 0.736. The molecule has 1 saturated heterocycles. The maximum absolute atomic E-state index is 2.66. The standard InChI is InChI=1S/C6H14N.C5H12N2.Al/c1-4-5-6-7(2)3;1-6-4-5-7(2)3;/h1,4-6H2,2-3H3;2,4-5H2,1,3H3;/q;-1;+1. The van der Waals surface area contributed by atoms with Gasteiger partial charge in [-0.1, -0.05) is 11.7 Å². The number of hydrogen-bond acceptors (Lipinski definition) is 3. The van der Waals surface area contributed by atoms with E-state index in [1.807, 2.05) is 0 Å². The van der Waals surface area contributed by atoms with Crippen molar-refractivity contribution in [1.82, 2.24) is 13.7 Å². The number of hydrogen-bond donors (Lipinski definition) is 0. The summed E-state index contributed by atoms with van der Waals surface area (Å²) >= 11 is -0.600. The maximum Gasteiger partial charge on any atom is 0.387 e. The van der Waals surface area contributed by atoms with Gasteiger partial charge in [0.2, 0.25) is 0 Å². The minimum absolute atomic E-state index is 0.600. The zero-order valence-electron chi connectivity index (χ0n) is 10.9. The van der Waals surface area contributed by atoms with Crippen molar-refractivity contribution in [1.29, 1.82) is 0 Å². The summed E-state index contributed by atoms with van der Waals surface area (Å²) in [7, 11) is 8.93. The molecule has 1 rings (SSSR count). The zero-order chi connectivity index (χ0) is 11.3. The van der Waals surface area contributed by atoms with Crippen molar-refractivity contribution in [3.05, 3.63) is 0 Å². The molecular formula is C11H26AlN3. The van der Waals surface area contributed by atoms with Gasteiger partial charge in [-0.2, -0.15) is 0 Å². The van der Waals surface area contributed by atoms with Gasteiger partial charge < -0.3 is 13.7 Å². The summed E-state index contributed by atoms with van der Waals surface area (Å²) in [6.45, 7) is 3.81. The SMILES string of the molecule is CN(C)CCC[CH2][Al]1[CH2]N(C)CC[N]1C. The largest absolute Gasteiger partial charge is 0.387 e. The third kappa shape index (κ3) is 5.33. The third-order valence-electron chi connectivity index (χ3n) is 3.37. The van der Waals surface area contributed by atoms with Gasteiger partial charge in [-0.3, -0.25) is 0 Å². The molecule has 0 radical (unpaired) electrons. The number of likely N-dealkylation sites (N-methyl/N-ethyl adjacent to an activating group) is 2. The van der Waals surface area contributed by atoms with Crippen molar-refractivity contribution in [3.8, 4) is 0 Å². The lowest BCUT2D eigenvalue weighted by molar-refractivity contribution is 0.299.